The fourth-order valence-electron chi connectivity index (χ4n) is 1.33. The van der Waals surface area contributed by atoms with Gasteiger partial charge >= 0.3 is 0 Å². The molecule has 1 heterocycles. The van der Waals surface area contributed by atoms with Gasteiger partial charge in [0.05, 0.1) is 12.7 Å². The number of rotatable bonds is 1. The molecule has 68 valence electrons. The average Bonchev–Trinajstić information content (AvgIpc) is 2.11. The Kier molecular flexibility index (Phi) is 1.65. The van der Waals surface area contributed by atoms with Gasteiger partial charge < -0.3 is 14.6 Å². The summed E-state index contributed by atoms with van der Waals surface area (Å²) in [6.45, 7) is 1.90. The van der Waals surface area contributed by atoms with E-state index in [2.05, 4.69) is 0 Å². The van der Waals surface area contributed by atoms with E-state index in [4.69, 9.17) is 9.47 Å². The molecule has 0 spiro atoms. The Morgan fingerprint density at radius 2 is 2.23 bits per heavy atom. The standard InChI is InChI=1S/C10H10O3/c1-3-8-6-4-10(12-2)7(11)5-9(6)13-8/h3-5,11H,1-2H3/b8-3-. The fourth-order valence-corrected chi connectivity index (χ4v) is 1.33. The van der Waals surface area contributed by atoms with Gasteiger partial charge in [-0.3, -0.25) is 0 Å². The first kappa shape index (κ1) is 7.98. The maximum absolute atomic E-state index is 9.38. The molecule has 2 rings (SSSR count). The molecule has 0 unspecified atom stereocenters. The first-order chi connectivity index (χ1) is 6.26. The molecule has 0 fully saturated rings. The molecule has 0 bridgehead atoms. The van der Waals surface area contributed by atoms with Gasteiger partial charge in [0.1, 0.15) is 11.5 Å². The Bertz CT molecular complexity index is 380. The molecular weight excluding hydrogens is 168 g/mol. The Balaban J connectivity index is 2.51. The highest BCUT2D eigenvalue weighted by molar-refractivity contribution is 5.78. The second-order valence-electron chi connectivity index (χ2n) is 2.78. The fraction of sp³-hybridized carbons (Fsp3) is 0.200. The molecule has 1 N–H and O–H groups in total. The first-order valence-electron chi connectivity index (χ1n) is 4.01. The number of phenolic OH excluding ortho intramolecular Hbond substituents is 1. The Morgan fingerprint density at radius 1 is 1.46 bits per heavy atom. The van der Waals surface area contributed by atoms with E-state index in [-0.39, 0.29) is 5.75 Å². The van der Waals surface area contributed by atoms with Crippen LogP contribution in [0.4, 0.5) is 0 Å². The molecule has 1 aromatic carbocycles. The van der Waals surface area contributed by atoms with Gasteiger partial charge in [-0.1, -0.05) is 0 Å². The van der Waals surface area contributed by atoms with Crippen molar-refractivity contribution in [3.8, 4) is 17.2 Å². The van der Waals surface area contributed by atoms with Gasteiger partial charge in [-0.25, -0.2) is 0 Å². The SMILES string of the molecule is C/C=C1\Oc2cc(O)c(OC)cc21. The highest BCUT2D eigenvalue weighted by Crippen LogP contribution is 2.44. The van der Waals surface area contributed by atoms with Gasteiger partial charge in [0.15, 0.2) is 11.5 Å². The monoisotopic (exact) mass is 178 g/mol. The van der Waals surface area contributed by atoms with E-state index in [1.807, 2.05) is 13.0 Å². The van der Waals surface area contributed by atoms with Crippen LogP contribution in [0.1, 0.15) is 12.5 Å². The van der Waals surface area contributed by atoms with Crippen LogP contribution in [0.15, 0.2) is 18.2 Å². The van der Waals surface area contributed by atoms with Crippen molar-refractivity contribution in [2.45, 2.75) is 6.92 Å². The number of methoxy groups -OCH3 is 1. The van der Waals surface area contributed by atoms with Crippen LogP contribution in [-0.2, 0) is 0 Å². The number of fused-ring (bicyclic) bond motifs is 1. The van der Waals surface area contributed by atoms with Gasteiger partial charge in [-0.15, -0.1) is 0 Å². The highest BCUT2D eigenvalue weighted by Gasteiger charge is 2.23. The summed E-state index contributed by atoms with van der Waals surface area (Å²) >= 11 is 0. The third kappa shape index (κ3) is 1.04. The molecule has 0 saturated carbocycles. The number of hydrogen-bond donors (Lipinski definition) is 1. The van der Waals surface area contributed by atoms with Crippen molar-refractivity contribution in [1.82, 2.24) is 0 Å². The second-order valence-corrected chi connectivity index (χ2v) is 2.78. The van der Waals surface area contributed by atoms with Crippen molar-refractivity contribution >= 4 is 5.76 Å². The molecule has 0 amide bonds. The number of allylic oxidation sites excluding steroid dienone is 1. The predicted molar refractivity (Wildman–Crippen MR) is 48.9 cm³/mol. The molecule has 0 aromatic heterocycles. The summed E-state index contributed by atoms with van der Waals surface area (Å²) in [7, 11) is 1.52. The van der Waals surface area contributed by atoms with Crippen LogP contribution >= 0.6 is 0 Å². The van der Waals surface area contributed by atoms with Crippen LogP contribution in [0.25, 0.3) is 5.76 Å². The number of phenols is 1. The molecule has 1 aromatic rings. The van der Waals surface area contributed by atoms with E-state index in [1.165, 1.54) is 7.11 Å². The minimum Gasteiger partial charge on any atom is -0.504 e. The van der Waals surface area contributed by atoms with Crippen LogP contribution in [0, 0.1) is 0 Å². The molecule has 3 nitrogen and oxygen atoms in total. The summed E-state index contributed by atoms with van der Waals surface area (Å²) in [5, 5.41) is 9.38. The minimum absolute atomic E-state index is 0.108. The van der Waals surface area contributed by atoms with Crippen LogP contribution < -0.4 is 9.47 Å². The van der Waals surface area contributed by atoms with Crippen LogP contribution in [0.3, 0.4) is 0 Å². The summed E-state index contributed by atoms with van der Waals surface area (Å²) in [5.74, 6) is 2.11. The van der Waals surface area contributed by atoms with Crippen molar-refractivity contribution in [2.24, 2.45) is 0 Å². The topological polar surface area (TPSA) is 38.7 Å². The molecule has 0 atom stereocenters. The largest absolute Gasteiger partial charge is 0.504 e. The van der Waals surface area contributed by atoms with E-state index in [9.17, 15) is 5.11 Å². The zero-order valence-corrected chi connectivity index (χ0v) is 7.50. The third-order valence-electron chi connectivity index (χ3n) is 2.03. The molecule has 0 aliphatic carbocycles. The van der Waals surface area contributed by atoms with Gasteiger partial charge in [-0.05, 0) is 19.1 Å². The molecule has 1 aliphatic heterocycles. The lowest BCUT2D eigenvalue weighted by Crippen LogP contribution is -2.08. The normalized spacial score (nSPS) is 16.0. The van der Waals surface area contributed by atoms with Crippen molar-refractivity contribution < 1.29 is 14.6 Å². The van der Waals surface area contributed by atoms with E-state index >= 15 is 0 Å². The quantitative estimate of drug-likeness (QED) is 0.716. The predicted octanol–water partition coefficient (Wildman–Crippen LogP) is 2.15. The van der Waals surface area contributed by atoms with Crippen LogP contribution in [0.5, 0.6) is 17.2 Å². The first-order valence-corrected chi connectivity index (χ1v) is 4.01. The number of benzene rings is 1. The number of ether oxygens (including phenoxy) is 2. The minimum atomic E-state index is 0.108. The molecule has 3 heteroatoms. The van der Waals surface area contributed by atoms with Gasteiger partial charge in [-0.2, -0.15) is 0 Å². The Hall–Kier alpha value is -1.64. The summed E-state index contributed by atoms with van der Waals surface area (Å²) in [4.78, 5) is 0. The Labute approximate surface area is 76.2 Å². The summed E-state index contributed by atoms with van der Waals surface area (Å²) in [6, 6.07) is 3.32. The lowest BCUT2D eigenvalue weighted by Gasteiger charge is -2.24. The molecular formula is C10H10O3. The lowest BCUT2D eigenvalue weighted by atomic mass is 10.1. The number of aromatic hydroxyl groups is 1. The molecule has 0 radical (unpaired) electrons. The van der Waals surface area contributed by atoms with E-state index in [1.54, 1.807) is 12.1 Å². The highest BCUT2D eigenvalue weighted by atomic mass is 16.5. The van der Waals surface area contributed by atoms with E-state index in [0.29, 0.717) is 11.5 Å². The summed E-state index contributed by atoms with van der Waals surface area (Å²) in [6.07, 6.45) is 1.87. The third-order valence-corrected chi connectivity index (χ3v) is 2.03. The Morgan fingerprint density at radius 3 is 2.85 bits per heavy atom. The summed E-state index contributed by atoms with van der Waals surface area (Å²) in [5.41, 5.74) is 0.983. The van der Waals surface area contributed by atoms with Crippen molar-refractivity contribution in [1.29, 1.82) is 0 Å². The zero-order chi connectivity index (χ0) is 9.42. The zero-order valence-electron chi connectivity index (χ0n) is 7.50. The van der Waals surface area contributed by atoms with E-state index < -0.39 is 0 Å². The molecule has 1 aliphatic rings. The number of hydrogen-bond acceptors (Lipinski definition) is 3. The smallest absolute Gasteiger partial charge is 0.161 e. The van der Waals surface area contributed by atoms with Crippen LogP contribution in [0.2, 0.25) is 0 Å². The average molecular weight is 178 g/mol. The second kappa shape index (κ2) is 2.69. The van der Waals surface area contributed by atoms with E-state index in [0.717, 1.165) is 11.3 Å². The lowest BCUT2D eigenvalue weighted by molar-refractivity contribution is 0.366. The maximum Gasteiger partial charge on any atom is 0.161 e. The van der Waals surface area contributed by atoms with Gasteiger partial charge in [0, 0.05) is 6.07 Å². The van der Waals surface area contributed by atoms with Crippen LogP contribution in [-0.4, -0.2) is 12.2 Å². The van der Waals surface area contributed by atoms with Crippen molar-refractivity contribution in [3.05, 3.63) is 23.8 Å². The van der Waals surface area contributed by atoms with Gasteiger partial charge in [0.2, 0.25) is 0 Å². The van der Waals surface area contributed by atoms with Crippen molar-refractivity contribution in [3.63, 3.8) is 0 Å². The summed E-state index contributed by atoms with van der Waals surface area (Å²) < 4.78 is 10.2. The van der Waals surface area contributed by atoms with Crippen molar-refractivity contribution in [2.75, 3.05) is 7.11 Å². The molecule has 13 heavy (non-hydrogen) atoms. The van der Waals surface area contributed by atoms with Gasteiger partial charge in [0.25, 0.3) is 0 Å². The molecule has 0 saturated heterocycles. The maximum atomic E-state index is 9.38.